The molecule has 3 rings (SSSR count). The number of amides is 1. The molecule has 0 saturated heterocycles. The summed E-state index contributed by atoms with van der Waals surface area (Å²) < 4.78 is 10.9. The molecule has 3 aromatic rings. The van der Waals surface area contributed by atoms with Crippen LogP contribution in [0, 0.1) is 0 Å². The predicted octanol–water partition coefficient (Wildman–Crippen LogP) is 4.46. The van der Waals surface area contributed by atoms with E-state index >= 15 is 0 Å². The molecule has 0 aliphatic heterocycles. The molecule has 0 saturated carbocycles. The van der Waals surface area contributed by atoms with Crippen LogP contribution in [0.4, 0.5) is 5.69 Å². The zero-order valence-electron chi connectivity index (χ0n) is 16.8. The van der Waals surface area contributed by atoms with Gasteiger partial charge in [0, 0.05) is 24.3 Å². The Morgan fingerprint density at radius 2 is 1.55 bits per heavy atom. The van der Waals surface area contributed by atoms with Crippen molar-refractivity contribution in [3.8, 4) is 11.5 Å². The molecule has 0 heterocycles. The van der Waals surface area contributed by atoms with Gasteiger partial charge in [0.15, 0.2) is 0 Å². The Hall–Kier alpha value is -3.31. The summed E-state index contributed by atoms with van der Waals surface area (Å²) >= 11 is 0. The number of para-hydroxylation sites is 1. The minimum atomic E-state index is -0.107. The van der Waals surface area contributed by atoms with Crippen molar-refractivity contribution in [1.82, 2.24) is 4.90 Å². The molecule has 0 radical (unpaired) electrons. The highest BCUT2D eigenvalue weighted by atomic mass is 16.5. The van der Waals surface area contributed by atoms with Crippen molar-refractivity contribution < 1.29 is 14.3 Å². The molecule has 0 aromatic heterocycles. The second-order valence-corrected chi connectivity index (χ2v) is 6.78. The Bertz CT molecular complexity index is 894. The van der Waals surface area contributed by atoms with Crippen LogP contribution in [0.2, 0.25) is 0 Å². The fourth-order valence-corrected chi connectivity index (χ4v) is 2.87. The lowest BCUT2D eigenvalue weighted by Gasteiger charge is -2.17. The predicted molar refractivity (Wildman–Crippen MR) is 116 cm³/mol. The number of hydrogen-bond acceptors (Lipinski definition) is 4. The summed E-state index contributed by atoms with van der Waals surface area (Å²) in [5.41, 5.74) is 2.58. The van der Waals surface area contributed by atoms with E-state index in [-0.39, 0.29) is 5.91 Å². The van der Waals surface area contributed by atoms with Gasteiger partial charge in [-0.1, -0.05) is 30.3 Å². The second kappa shape index (κ2) is 10.3. The van der Waals surface area contributed by atoms with Gasteiger partial charge >= 0.3 is 0 Å². The minimum absolute atomic E-state index is 0.107. The van der Waals surface area contributed by atoms with Gasteiger partial charge in [0.05, 0.1) is 7.11 Å². The maximum Gasteiger partial charge on any atom is 0.255 e. The van der Waals surface area contributed by atoms with Gasteiger partial charge in [-0.3, -0.25) is 9.69 Å². The molecule has 150 valence electrons. The van der Waals surface area contributed by atoms with E-state index in [1.54, 1.807) is 7.11 Å². The third-order valence-electron chi connectivity index (χ3n) is 4.50. The quantitative estimate of drug-likeness (QED) is 0.586. The summed E-state index contributed by atoms with van der Waals surface area (Å²) in [4.78, 5) is 14.5. The lowest BCUT2D eigenvalue weighted by Crippen LogP contribution is -2.24. The van der Waals surface area contributed by atoms with Crippen molar-refractivity contribution in [1.29, 1.82) is 0 Å². The number of nitrogens with one attached hydrogen (secondary N) is 1. The second-order valence-electron chi connectivity index (χ2n) is 6.78. The van der Waals surface area contributed by atoms with Crippen molar-refractivity contribution in [3.63, 3.8) is 0 Å². The topological polar surface area (TPSA) is 50.8 Å². The lowest BCUT2D eigenvalue weighted by atomic mass is 10.1. The molecule has 3 aromatic carbocycles. The Morgan fingerprint density at radius 1 is 0.897 bits per heavy atom. The molecule has 5 nitrogen and oxygen atoms in total. The first kappa shape index (κ1) is 20.4. The van der Waals surface area contributed by atoms with Crippen LogP contribution in [0.3, 0.4) is 0 Å². The number of ether oxygens (including phenoxy) is 2. The number of nitrogens with zero attached hydrogens (tertiary/aromatic N) is 1. The highest BCUT2D eigenvalue weighted by molar-refractivity contribution is 6.04. The number of carbonyl (C=O) groups is 1. The van der Waals surface area contributed by atoms with Gasteiger partial charge in [-0.25, -0.2) is 0 Å². The minimum Gasteiger partial charge on any atom is -0.497 e. The Kier molecular flexibility index (Phi) is 7.25. The van der Waals surface area contributed by atoms with Crippen LogP contribution in [0.25, 0.3) is 0 Å². The van der Waals surface area contributed by atoms with Gasteiger partial charge in [0.1, 0.15) is 18.1 Å². The van der Waals surface area contributed by atoms with E-state index in [1.165, 1.54) is 0 Å². The van der Waals surface area contributed by atoms with E-state index in [1.807, 2.05) is 85.9 Å². The van der Waals surface area contributed by atoms with Crippen molar-refractivity contribution in [2.75, 3.05) is 32.6 Å². The fraction of sp³-hybridized carbons (Fsp3) is 0.208. The maximum atomic E-state index is 12.3. The first-order chi connectivity index (χ1) is 14.1. The molecule has 0 bridgehead atoms. The highest BCUT2D eigenvalue weighted by Crippen LogP contribution is 2.17. The van der Waals surface area contributed by atoms with Gasteiger partial charge in [0.25, 0.3) is 5.91 Å². The average Bonchev–Trinajstić information content (AvgIpc) is 2.75. The van der Waals surface area contributed by atoms with E-state index in [2.05, 4.69) is 10.2 Å². The fourth-order valence-electron chi connectivity index (χ4n) is 2.87. The average molecular weight is 390 g/mol. The van der Waals surface area contributed by atoms with E-state index in [9.17, 15) is 4.79 Å². The van der Waals surface area contributed by atoms with Gasteiger partial charge in [-0.2, -0.15) is 0 Å². The van der Waals surface area contributed by atoms with Crippen molar-refractivity contribution in [2.24, 2.45) is 0 Å². The van der Waals surface area contributed by atoms with Gasteiger partial charge in [-0.05, 0) is 61.1 Å². The van der Waals surface area contributed by atoms with Gasteiger partial charge < -0.3 is 14.8 Å². The first-order valence-electron chi connectivity index (χ1n) is 9.55. The van der Waals surface area contributed by atoms with E-state index in [4.69, 9.17) is 9.47 Å². The smallest absolute Gasteiger partial charge is 0.255 e. The monoisotopic (exact) mass is 390 g/mol. The van der Waals surface area contributed by atoms with Crippen molar-refractivity contribution in [3.05, 3.63) is 90.0 Å². The number of carbonyl (C=O) groups excluding carboxylic acids is 1. The molecule has 0 aliphatic carbocycles. The standard InChI is InChI=1S/C24H26N2O3/c1-26(16-17-29-23-14-12-22(28-2)13-15-23)18-19-8-10-20(11-9-19)24(27)25-21-6-4-3-5-7-21/h3-15H,16-18H2,1-2H3,(H,25,27). The molecule has 1 N–H and O–H groups in total. The number of rotatable bonds is 9. The Labute approximate surface area is 171 Å². The molecule has 0 atom stereocenters. The molecule has 0 aliphatic rings. The van der Waals surface area contributed by atoms with E-state index in [0.717, 1.165) is 35.8 Å². The Morgan fingerprint density at radius 3 is 2.21 bits per heavy atom. The molecule has 0 unspecified atom stereocenters. The highest BCUT2D eigenvalue weighted by Gasteiger charge is 2.07. The molecule has 5 heteroatoms. The molecule has 0 spiro atoms. The van der Waals surface area contributed by atoms with Gasteiger partial charge in [-0.15, -0.1) is 0 Å². The maximum absolute atomic E-state index is 12.3. The van der Waals surface area contributed by atoms with Crippen molar-refractivity contribution in [2.45, 2.75) is 6.54 Å². The molecular formula is C24H26N2O3. The summed E-state index contributed by atoms with van der Waals surface area (Å²) in [7, 11) is 3.69. The lowest BCUT2D eigenvalue weighted by molar-refractivity contribution is 0.102. The van der Waals surface area contributed by atoms with Crippen LogP contribution in [0.5, 0.6) is 11.5 Å². The van der Waals surface area contributed by atoms with Crippen LogP contribution in [0.15, 0.2) is 78.9 Å². The molecule has 29 heavy (non-hydrogen) atoms. The zero-order valence-corrected chi connectivity index (χ0v) is 16.8. The summed E-state index contributed by atoms with van der Waals surface area (Å²) in [6.45, 7) is 2.18. The zero-order chi connectivity index (χ0) is 20.5. The first-order valence-corrected chi connectivity index (χ1v) is 9.55. The largest absolute Gasteiger partial charge is 0.497 e. The number of likely N-dealkylation sites (N-methyl/N-ethyl adjacent to an activating group) is 1. The van der Waals surface area contributed by atoms with Crippen LogP contribution in [0.1, 0.15) is 15.9 Å². The summed E-state index contributed by atoms with van der Waals surface area (Å²) in [6, 6.07) is 24.7. The summed E-state index contributed by atoms with van der Waals surface area (Å²) in [5, 5.41) is 2.90. The normalized spacial score (nSPS) is 10.6. The van der Waals surface area contributed by atoms with Crippen LogP contribution >= 0.6 is 0 Å². The van der Waals surface area contributed by atoms with E-state index < -0.39 is 0 Å². The summed E-state index contributed by atoms with van der Waals surface area (Å²) in [6.07, 6.45) is 0. The Balaban J connectivity index is 1.44. The summed E-state index contributed by atoms with van der Waals surface area (Å²) in [5.74, 6) is 1.53. The van der Waals surface area contributed by atoms with Crippen LogP contribution < -0.4 is 14.8 Å². The third-order valence-corrected chi connectivity index (χ3v) is 4.50. The number of methoxy groups -OCH3 is 1. The molecule has 1 amide bonds. The number of anilines is 1. The molecular weight excluding hydrogens is 364 g/mol. The number of benzene rings is 3. The van der Waals surface area contributed by atoms with Crippen LogP contribution in [-0.4, -0.2) is 38.1 Å². The SMILES string of the molecule is COc1ccc(OCCN(C)Cc2ccc(C(=O)Nc3ccccc3)cc2)cc1. The van der Waals surface area contributed by atoms with Crippen LogP contribution in [-0.2, 0) is 6.54 Å². The van der Waals surface area contributed by atoms with E-state index in [0.29, 0.717) is 12.2 Å². The third kappa shape index (κ3) is 6.36. The van der Waals surface area contributed by atoms with Gasteiger partial charge in [0.2, 0.25) is 0 Å². The number of hydrogen-bond donors (Lipinski definition) is 1. The van der Waals surface area contributed by atoms with Crippen molar-refractivity contribution >= 4 is 11.6 Å². The molecule has 0 fully saturated rings.